The summed E-state index contributed by atoms with van der Waals surface area (Å²) in [6.07, 6.45) is 13.2. The Labute approximate surface area is 196 Å². The van der Waals surface area contributed by atoms with E-state index in [4.69, 9.17) is 9.47 Å². The lowest BCUT2D eigenvalue weighted by Crippen LogP contribution is -2.49. The van der Waals surface area contributed by atoms with E-state index in [2.05, 4.69) is 18.2 Å². The molecular weight excluding hydrogens is 410 g/mol. The number of allylic oxidation sites excluding steroid dienone is 2. The van der Waals surface area contributed by atoms with Gasteiger partial charge in [0.15, 0.2) is 0 Å². The van der Waals surface area contributed by atoms with Gasteiger partial charge in [-0.2, -0.15) is 5.26 Å². The van der Waals surface area contributed by atoms with Crippen molar-refractivity contribution in [3.05, 3.63) is 12.2 Å². The van der Waals surface area contributed by atoms with Crippen molar-refractivity contribution in [1.82, 2.24) is 0 Å². The highest BCUT2D eigenvalue weighted by molar-refractivity contribution is 5.75. The molecule has 8 aliphatic carbocycles. The minimum Gasteiger partial charge on any atom is -0.435 e. The van der Waals surface area contributed by atoms with E-state index in [-0.39, 0.29) is 24.1 Å². The van der Waals surface area contributed by atoms with Gasteiger partial charge in [-0.3, -0.25) is 4.79 Å². The lowest BCUT2D eigenvalue weighted by atomic mass is 9.53. The molecule has 0 aromatic carbocycles. The van der Waals surface area contributed by atoms with Gasteiger partial charge in [-0.15, -0.1) is 0 Å². The Balaban J connectivity index is 1.02. The van der Waals surface area contributed by atoms with E-state index in [1.165, 1.54) is 19.3 Å². The van der Waals surface area contributed by atoms with Crippen LogP contribution in [0.25, 0.3) is 0 Å². The van der Waals surface area contributed by atoms with Gasteiger partial charge in [0.25, 0.3) is 0 Å². The SMILES string of the molecule is N#CC1C2CC(C1C(=O)OC1CCCCO1)C1C3CC(C21)C1C2CC(C4C5C=CC(C5)C24)C31. The van der Waals surface area contributed by atoms with E-state index in [9.17, 15) is 10.1 Å². The predicted octanol–water partition coefficient (Wildman–Crippen LogP) is 4.66. The van der Waals surface area contributed by atoms with Crippen molar-refractivity contribution in [1.29, 1.82) is 5.26 Å². The molecule has 9 aliphatic rings. The summed E-state index contributed by atoms with van der Waals surface area (Å²) >= 11 is 0. The Bertz CT molecular complexity index is 978. The number of hydrogen-bond donors (Lipinski definition) is 0. The molecule has 174 valence electrons. The van der Waals surface area contributed by atoms with Crippen molar-refractivity contribution in [3.8, 4) is 6.07 Å². The van der Waals surface area contributed by atoms with Crippen LogP contribution in [0.15, 0.2) is 12.2 Å². The van der Waals surface area contributed by atoms with Gasteiger partial charge in [0.2, 0.25) is 6.29 Å². The number of esters is 1. The Kier molecular flexibility index (Phi) is 3.59. The molecule has 0 radical (unpaired) electrons. The molecule has 1 heterocycles. The number of fused-ring (bicyclic) bond motifs is 23. The van der Waals surface area contributed by atoms with Gasteiger partial charge < -0.3 is 9.47 Å². The largest absolute Gasteiger partial charge is 0.435 e. The van der Waals surface area contributed by atoms with Crippen molar-refractivity contribution in [2.24, 2.45) is 94.7 Å². The van der Waals surface area contributed by atoms with Gasteiger partial charge in [0.1, 0.15) is 0 Å². The summed E-state index contributed by atoms with van der Waals surface area (Å²) in [7, 11) is 0. The van der Waals surface area contributed by atoms with E-state index < -0.39 is 0 Å². The van der Waals surface area contributed by atoms with Crippen LogP contribution in [0.1, 0.15) is 44.9 Å². The summed E-state index contributed by atoms with van der Waals surface area (Å²) in [5.74, 6) is 11.1. The second-order valence-electron chi connectivity index (χ2n) is 13.5. The van der Waals surface area contributed by atoms with Crippen LogP contribution in [-0.4, -0.2) is 18.9 Å². The maximum absolute atomic E-state index is 13.4. The molecule has 1 saturated heterocycles. The third-order valence-corrected chi connectivity index (χ3v) is 13.2. The van der Waals surface area contributed by atoms with Gasteiger partial charge in [0, 0.05) is 6.42 Å². The summed E-state index contributed by atoms with van der Waals surface area (Å²) in [5.41, 5.74) is 0. The van der Waals surface area contributed by atoms with Crippen LogP contribution in [0.2, 0.25) is 0 Å². The average Bonchev–Trinajstić information content (AvgIpc) is 3.68. The number of carbonyl (C=O) groups excluding carboxylic acids is 1. The predicted molar refractivity (Wildman–Crippen MR) is 119 cm³/mol. The van der Waals surface area contributed by atoms with Gasteiger partial charge >= 0.3 is 5.97 Å². The van der Waals surface area contributed by atoms with Crippen molar-refractivity contribution >= 4 is 5.97 Å². The minimum atomic E-state index is -0.377. The molecule has 4 nitrogen and oxygen atoms in total. The van der Waals surface area contributed by atoms with Crippen molar-refractivity contribution < 1.29 is 14.3 Å². The first-order valence-corrected chi connectivity index (χ1v) is 14.1. The zero-order chi connectivity index (χ0) is 21.6. The fourth-order valence-electron chi connectivity index (χ4n) is 13.0. The van der Waals surface area contributed by atoms with Crippen LogP contribution >= 0.6 is 0 Å². The molecule has 0 N–H and O–H groups in total. The molecule has 8 fully saturated rings. The standard InChI is InChI=1S/C29H35NO3/c30-11-20-14-8-19(28(20)29(31)33-21-3-1-2-6-32-21)27-18-10-17(24(14)27)25-15-9-16(26(18)25)23-13-5-4-12(7-13)22(15)23/h4-5,12-28H,1-3,6-10H2. The van der Waals surface area contributed by atoms with E-state index in [1.807, 2.05) is 0 Å². The van der Waals surface area contributed by atoms with Gasteiger partial charge in [-0.25, -0.2) is 0 Å². The minimum absolute atomic E-state index is 0.107. The highest BCUT2D eigenvalue weighted by Crippen LogP contribution is 2.81. The lowest BCUT2D eigenvalue weighted by Gasteiger charge is -2.51. The van der Waals surface area contributed by atoms with E-state index in [1.54, 1.807) is 0 Å². The number of ether oxygens (including phenoxy) is 2. The number of rotatable bonds is 2. The van der Waals surface area contributed by atoms with Crippen LogP contribution in [-0.2, 0) is 14.3 Å². The van der Waals surface area contributed by atoms with Crippen LogP contribution in [0.5, 0.6) is 0 Å². The fraction of sp³-hybridized carbons (Fsp3) is 0.862. The average molecular weight is 446 g/mol. The highest BCUT2D eigenvalue weighted by atomic mass is 16.7. The molecule has 8 bridgehead atoms. The van der Waals surface area contributed by atoms with E-state index in [0.29, 0.717) is 24.4 Å². The topological polar surface area (TPSA) is 59.3 Å². The molecule has 9 rings (SSSR count). The smallest absolute Gasteiger partial charge is 0.312 e. The van der Waals surface area contributed by atoms with E-state index >= 15 is 0 Å². The lowest BCUT2D eigenvalue weighted by molar-refractivity contribution is -0.195. The van der Waals surface area contributed by atoms with Crippen molar-refractivity contribution in [3.63, 3.8) is 0 Å². The number of nitriles is 1. The molecule has 0 amide bonds. The van der Waals surface area contributed by atoms with Crippen molar-refractivity contribution in [2.45, 2.75) is 51.2 Å². The van der Waals surface area contributed by atoms with Crippen LogP contribution in [0.3, 0.4) is 0 Å². The third kappa shape index (κ3) is 2.09. The monoisotopic (exact) mass is 445 g/mol. The molecule has 0 aromatic rings. The Morgan fingerprint density at radius 1 is 0.788 bits per heavy atom. The molecule has 17 unspecified atom stereocenters. The van der Waals surface area contributed by atoms with Crippen LogP contribution < -0.4 is 0 Å². The maximum atomic E-state index is 13.4. The summed E-state index contributed by atoms with van der Waals surface area (Å²) in [6, 6.07) is 2.64. The first kappa shape index (κ1) is 18.9. The molecule has 33 heavy (non-hydrogen) atoms. The Morgan fingerprint density at radius 3 is 2.03 bits per heavy atom. The van der Waals surface area contributed by atoms with Gasteiger partial charge in [-0.1, -0.05) is 12.2 Å². The second kappa shape index (κ2) is 6.26. The normalized spacial score (nSPS) is 64.2. The Hall–Kier alpha value is -1.34. The quantitative estimate of drug-likeness (QED) is 0.352. The van der Waals surface area contributed by atoms with Gasteiger partial charge in [-0.05, 0) is 121 Å². The van der Waals surface area contributed by atoms with E-state index in [0.717, 1.165) is 90.8 Å². The summed E-state index contributed by atoms with van der Waals surface area (Å²) in [6.45, 7) is 0.690. The van der Waals surface area contributed by atoms with Crippen LogP contribution in [0.4, 0.5) is 0 Å². The first-order valence-electron chi connectivity index (χ1n) is 14.1. The third-order valence-electron chi connectivity index (χ3n) is 13.2. The number of hydrogen-bond acceptors (Lipinski definition) is 4. The zero-order valence-corrected chi connectivity index (χ0v) is 19.3. The molecule has 1 aliphatic heterocycles. The summed E-state index contributed by atoms with van der Waals surface area (Å²) in [5, 5.41) is 10.2. The van der Waals surface area contributed by atoms with Crippen LogP contribution in [0, 0.1) is 106 Å². The molecular formula is C29H35NO3. The molecule has 4 heteroatoms. The first-order chi connectivity index (χ1) is 16.2. The Morgan fingerprint density at radius 2 is 1.39 bits per heavy atom. The highest BCUT2D eigenvalue weighted by Gasteiger charge is 2.77. The van der Waals surface area contributed by atoms with Gasteiger partial charge in [0.05, 0.1) is 24.5 Å². The second-order valence-corrected chi connectivity index (χ2v) is 13.5. The fourth-order valence-corrected chi connectivity index (χ4v) is 13.0. The molecule has 0 aromatic heterocycles. The molecule has 7 saturated carbocycles. The number of nitrogens with zero attached hydrogens (tertiary/aromatic N) is 1. The summed E-state index contributed by atoms with van der Waals surface area (Å²) < 4.78 is 11.6. The number of carbonyl (C=O) groups is 1. The zero-order valence-electron chi connectivity index (χ0n) is 19.3. The maximum Gasteiger partial charge on any atom is 0.312 e. The molecule has 0 spiro atoms. The van der Waals surface area contributed by atoms with Crippen molar-refractivity contribution in [2.75, 3.05) is 6.61 Å². The summed E-state index contributed by atoms with van der Waals surface area (Å²) in [4.78, 5) is 13.4. The molecule has 17 atom stereocenters.